The highest BCUT2D eigenvalue weighted by Gasteiger charge is 2.40. The van der Waals surface area contributed by atoms with Crippen molar-refractivity contribution in [2.75, 3.05) is 41.4 Å². The maximum atomic E-state index is 5.95. The summed E-state index contributed by atoms with van der Waals surface area (Å²) in [6, 6.07) is 13.6. The fraction of sp³-hybridized carbons (Fsp3) is 0.739. The lowest BCUT2D eigenvalue weighted by atomic mass is 10.1. The largest absolute Gasteiger partial charge is 0.395 e. The fourth-order valence-corrected chi connectivity index (χ4v) is 11.5. The highest BCUT2D eigenvalue weighted by atomic mass is 28.4. The van der Waals surface area contributed by atoms with Crippen LogP contribution in [0.5, 0.6) is 0 Å². The molecule has 0 atom stereocenters. The van der Waals surface area contributed by atoms with Gasteiger partial charge in [0.1, 0.15) is 0 Å². The maximum absolute atomic E-state index is 5.95. The van der Waals surface area contributed by atoms with E-state index in [9.17, 15) is 0 Å². The van der Waals surface area contributed by atoms with E-state index in [1.807, 2.05) is 0 Å². The van der Waals surface area contributed by atoms with E-state index < -0.39 is 17.0 Å². The van der Waals surface area contributed by atoms with Gasteiger partial charge in [-0.1, -0.05) is 68.9 Å². The summed E-state index contributed by atoms with van der Waals surface area (Å²) < 4.78 is 16.9. The quantitative estimate of drug-likeness (QED) is 0.269. The minimum atomic E-state index is -1.92. The predicted octanol–water partition coefficient (Wildman–Crippen LogP) is 4.94. The fourth-order valence-electron chi connectivity index (χ4n) is 4.53. The van der Waals surface area contributed by atoms with E-state index in [0.29, 0.717) is 0 Å². The Morgan fingerprint density at radius 1 is 0.690 bits per heavy atom. The summed E-state index contributed by atoms with van der Waals surface area (Å²) in [7, 11) is 5.32. The van der Waals surface area contributed by atoms with Gasteiger partial charge in [-0.15, -0.1) is 0 Å². The van der Waals surface area contributed by atoms with E-state index in [-0.39, 0.29) is 0 Å². The lowest BCUT2D eigenvalue weighted by Crippen LogP contribution is -2.68. The Labute approximate surface area is 183 Å². The summed E-state index contributed by atoms with van der Waals surface area (Å²) in [5, 5.41) is 1.52. The first-order chi connectivity index (χ1) is 13.8. The first-order valence-corrected chi connectivity index (χ1v) is 16.1. The van der Waals surface area contributed by atoms with Crippen molar-refractivity contribution < 1.29 is 8.85 Å². The van der Waals surface area contributed by atoms with Crippen molar-refractivity contribution >= 4 is 22.1 Å². The van der Waals surface area contributed by atoms with Crippen LogP contribution in [0, 0.1) is 0 Å². The molecule has 0 amide bonds. The number of hydrogen-bond acceptors (Lipinski definition) is 4. The molecule has 168 valence electrons. The topological polar surface area (TPSA) is 24.9 Å². The molecule has 0 aliphatic carbocycles. The highest BCUT2D eigenvalue weighted by Crippen LogP contribution is 2.22. The van der Waals surface area contributed by atoms with Crippen molar-refractivity contribution in [1.82, 2.24) is 9.13 Å². The second kappa shape index (κ2) is 13.7. The molecule has 0 heterocycles. The second-order valence-corrected chi connectivity index (χ2v) is 16.4. The van der Waals surface area contributed by atoms with Crippen LogP contribution in [0.3, 0.4) is 0 Å². The van der Waals surface area contributed by atoms with Crippen LogP contribution < -0.4 is 5.19 Å². The summed E-state index contributed by atoms with van der Waals surface area (Å²) in [6.07, 6.45) is 7.83. The van der Waals surface area contributed by atoms with Crippen molar-refractivity contribution in [2.45, 2.75) is 71.0 Å². The van der Waals surface area contributed by atoms with Crippen LogP contribution in [-0.4, -0.2) is 67.5 Å². The van der Waals surface area contributed by atoms with Crippen LogP contribution >= 0.6 is 0 Å². The summed E-state index contributed by atoms with van der Waals surface area (Å²) in [5.74, 6) is 0. The minimum absolute atomic E-state index is 0.771. The monoisotopic (exact) mass is 438 g/mol. The van der Waals surface area contributed by atoms with Gasteiger partial charge in [0.15, 0.2) is 0 Å². The molecule has 0 aliphatic heterocycles. The third-order valence-electron chi connectivity index (χ3n) is 6.02. The summed E-state index contributed by atoms with van der Waals surface area (Å²) >= 11 is 0. The van der Waals surface area contributed by atoms with Crippen LogP contribution in [0.2, 0.25) is 18.6 Å². The van der Waals surface area contributed by atoms with Gasteiger partial charge in [0, 0.05) is 13.2 Å². The Kier molecular flexibility index (Phi) is 12.6. The third-order valence-corrected chi connectivity index (χ3v) is 14.3. The van der Waals surface area contributed by atoms with Crippen molar-refractivity contribution in [2.24, 2.45) is 0 Å². The van der Waals surface area contributed by atoms with Crippen molar-refractivity contribution in [3.05, 3.63) is 30.3 Å². The molecule has 29 heavy (non-hydrogen) atoms. The normalized spacial score (nSPS) is 12.9. The van der Waals surface area contributed by atoms with Crippen LogP contribution in [0.25, 0.3) is 0 Å². The van der Waals surface area contributed by atoms with E-state index >= 15 is 0 Å². The number of benzene rings is 1. The van der Waals surface area contributed by atoms with E-state index in [1.54, 1.807) is 0 Å². The lowest BCUT2D eigenvalue weighted by Gasteiger charge is -2.43. The van der Waals surface area contributed by atoms with Crippen LogP contribution in [-0.2, 0) is 8.85 Å². The van der Waals surface area contributed by atoms with Gasteiger partial charge in [-0.25, -0.2) is 0 Å². The van der Waals surface area contributed by atoms with Gasteiger partial charge in [0.25, 0.3) is 0 Å². The molecule has 6 heteroatoms. The molecule has 0 saturated heterocycles. The van der Waals surface area contributed by atoms with Crippen LogP contribution in [0.4, 0.5) is 0 Å². The molecular weight excluding hydrogens is 392 g/mol. The average molecular weight is 439 g/mol. The molecule has 4 nitrogen and oxygen atoms in total. The van der Waals surface area contributed by atoms with Gasteiger partial charge in [-0.2, -0.15) is 0 Å². The summed E-state index contributed by atoms with van der Waals surface area (Å²) in [5.41, 5.74) is 0. The number of rotatable bonds is 16. The number of hydrogen-bond donors (Lipinski definition) is 0. The van der Waals surface area contributed by atoms with Crippen molar-refractivity contribution in [3.8, 4) is 0 Å². The van der Waals surface area contributed by atoms with Gasteiger partial charge in [-0.3, -0.25) is 0 Å². The van der Waals surface area contributed by atoms with Gasteiger partial charge >= 0.3 is 8.56 Å². The van der Waals surface area contributed by atoms with E-state index in [1.165, 1.54) is 49.8 Å². The average Bonchev–Trinajstić information content (AvgIpc) is 2.67. The molecule has 1 rings (SSSR count). The Morgan fingerprint density at radius 3 is 1.59 bits per heavy atom. The number of unbranched alkanes of at least 4 members (excludes halogenated alkanes) is 5. The highest BCUT2D eigenvalue weighted by molar-refractivity contribution is 6.87. The van der Waals surface area contributed by atoms with Gasteiger partial charge < -0.3 is 18.0 Å². The van der Waals surface area contributed by atoms with E-state index in [0.717, 1.165) is 19.3 Å². The van der Waals surface area contributed by atoms with E-state index in [2.05, 4.69) is 88.0 Å². The molecular formula is C23H46N2O2Si2. The zero-order valence-corrected chi connectivity index (χ0v) is 22.2. The molecule has 0 fully saturated rings. The molecule has 0 bridgehead atoms. The summed E-state index contributed by atoms with van der Waals surface area (Å²) in [4.78, 5) is 0. The Bertz CT molecular complexity index is 527. The molecule has 0 saturated carbocycles. The van der Waals surface area contributed by atoms with Gasteiger partial charge in [0.2, 0.25) is 8.40 Å². The molecule has 0 spiro atoms. The summed E-state index contributed by atoms with van der Waals surface area (Å²) in [6.45, 7) is 7.91. The Morgan fingerprint density at radius 2 is 1.14 bits per heavy atom. The minimum Gasteiger partial charge on any atom is -0.395 e. The van der Waals surface area contributed by atoms with Crippen molar-refractivity contribution in [1.29, 1.82) is 0 Å². The Hall–Kier alpha value is -0.506. The first-order valence-electron chi connectivity index (χ1n) is 11.5. The third kappa shape index (κ3) is 8.27. The SMILES string of the molecule is CCO[Si](C)(CCCCCCCC[Si](c1ccccc1)(N(C)C)N(C)C)OCC. The van der Waals surface area contributed by atoms with Crippen LogP contribution in [0.15, 0.2) is 30.3 Å². The maximum Gasteiger partial charge on any atom is 0.334 e. The van der Waals surface area contributed by atoms with Gasteiger partial charge in [0.05, 0.1) is 0 Å². The molecule has 0 unspecified atom stereocenters. The van der Waals surface area contributed by atoms with Crippen LogP contribution in [0.1, 0.15) is 52.4 Å². The standard InChI is InChI=1S/C23H46N2O2Si2/c1-8-26-28(7,27-9-2)21-17-12-10-11-13-18-22-29(24(3)4,25(5)6)23-19-15-14-16-20-23/h14-16,19-20H,8-13,17-18,21-22H2,1-7H3. The van der Waals surface area contributed by atoms with Gasteiger partial charge in [-0.05, 0) is 65.9 Å². The molecule has 0 N–H and O–H groups in total. The Balaban J connectivity index is 2.42. The molecule has 0 aliphatic rings. The molecule has 1 aromatic rings. The van der Waals surface area contributed by atoms with Crippen molar-refractivity contribution in [3.63, 3.8) is 0 Å². The lowest BCUT2D eigenvalue weighted by molar-refractivity contribution is 0.188. The molecule has 1 aromatic carbocycles. The zero-order valence-electron chi connectivity index (χ0n) is 20.2. The number of nitrogens with zero attached hydrogens (tertiary/aromatic N) is 2. The predicted molar refractivity (Wildman–Crippen MR) is 131 cm³/mol. The first kappa shape index (κ1) is 26.5. The molecule has 0 aromatic heterocycles. The second-order valence-electron chi connectivity index (χ2n) is 8.59. The zero-order chi connectivity index (χ0) is 21.8. The smallest absolute Gasteiger partial charge is 0.334 e. The van der Waals surface area contributed by atoms with E-state index in [4.69, 9.17) is 8.85 Å². The molecule has 0 radical (unpaired) electrons.